The summed E-state index contributed by atoms with van der Waals surface area (Å²) in [6, 6.07) is 4.95. The maximum atomic E-state index is 12.5. The molecule has 9 heteroatoms. The van der Waals surface area contributed by atoms with Crippen LogP contribution in [0, 0.1) is 25.2 Å². The first-order chi connectivity index (χ1) is 14.9. The van der Waals surface area contributed by atoms with E-state index in [1.807, 2.05) is 25.3 Å². The lowest BCUT2D eigenvalue weighted by Gasteiger charge is -2.19. The molecule has 2 aromatic heterocycles. The van der Waals surface area contributed by atoms with Crippen LogP contribution < -0.4 is 10.9 Å². The fourth-order valence-corrected chi connectivity index (χ4v) is 4.01. The third-order valence-corrected chi connectivity index (χ3v) is 5.66. The summed E-state index contributed by atoms with van der Waals surface area (Å²) in [7, 11) is 0. The molecule has 3 rings (SSSR count). The lowest BCUT2D eigenvalue weighted by Crippen LogP contribution is -2.27. The number of aromatic nitrogens is 3. The molecule has 0 aliphatic heterocycles. The van der Waals surface area contributed by atoms with Crippen molar-refractivity contribution < 1.29 is 14.3 Å². The van der Waals surface area contributed by atoms with E-state index in [1.165, 1.54) is 16.8 Å². The fourth-order valence-electron chi connectivity index (χ4n) is 4.01. The van der Waals surface area contributed by atoms with Crippen molar-refractivity contribution >= 4 is 17.7 Å². The van der Waals surface area contributed by atoms with Gasteiger partial charge in [-0.05, 0) is 44.7 Å². The van der Waals surface area contributed by atoms with Crippen molar-refractivity contribution in [2.24, 2.45) is 0 Å². The average molecular weight is 425 g/mol. The van der Waals surface area contributed by atoms with Crippen molar-refractivity contribution in [2.75, 3.05) is 11.9 Å². The summed E-state index contributed by atoms with van der Waals surface area (Å²) in [4.78, 5) is 36.6. The molecular weight excluding hydrogens is 398 g/mol. The van der Waals surface area contributed by atoms with Crippen LogP contribution in [-0.4, -0.2) is 32.8 Å². The molecule has 0 bridgehead atoms. The molecule has 1 aliphatic carbocycles. The van der Waals surface area contributed by atoms with Crippen molar-refractivity contribution in [3.63, 3.8) is 0 Å². The number of rotatable bonds is 7. The van der Waals surface area contributed by atoms with Crippen LogP contribution >= 0.6 is 0 Å². The Bertz CT molecular complexity index is 1090. The first kappa shape index (κ1) is 22.3. The molecule has 0 radical (unpaired) electrons. The van der Waals surface area contributed by atoms with Gasteiger partial charge in [-0.2, -0.15) is 10.4 Å². The van der Waals surface area contributed by atoms with Crippen molar-refractivity contribution in [2.45, 2.75) is 65.5 Å². The number of hydrogen-bond acceptors (Lipinski definition) is 6. The minimum absolute atomic E-state index is 0.0421. The maximum absolute atomic E-state index is 12.5. The highest BCUT2D eigenvalue weighted by molar-refractivity contribution is 5.95. The van der Waals surface area contributed by atoms with E-state index < -0.39 is 18.5 Å². The van der Waals surface area contributed by atoms with Gasteiger partial charge in [-0.1, -0.05) is 19.8 Å². The molecule has 2 heterocycles. The van der Waals surface area contributed by atoms with Crippen molar-refractivity contribution in [1.82, 2.24) is 14.3 Å². The molecule has 31 heavy (non-hydrogen) atoms. The van der Waals surface area contributed by atoms with E-state index >= 15 is 0 Å². The molecule has 164 valence electrons. The zero-order valence-electron chi connectivity index (χ0n) is 18.1. The third kappa shape index (κ3) is 4.68. The topological polar surface area (TPSA) is 119 Å². The van der Waals surface area contributed by atoms with Crippen molar-refractivity contribution in [3.05, 3.63) is 45.0 Å². The lowest BCUT2D eigenvalue weighted by atomic mass is 10.2. The van der Waals surface area contributed by atoms with Crippen LogP contribution in [0.4, 0.5) is 5.82 Å². The Balaban J connectivity index is 1.72. The second-order valence-electron chi connectivity index (χ2n) is 7.76. The van der Waals surface area contributed by atoms with E-state index in [0.29, 0.717) is 24.3 Å². The summed E-state index contributed by atoms with van der Waals surface area (Å²) in [5.74, 6) is -0.873. The van der Waals surface area contributed by atoms with E-state index in [0.717, 1.165) is 36.9 Å². The molecule has 1 aliphatic rings. The average Bonchev–Trinajstić information content (AvgIpc) is 3.35. The Morgan fingerprint density at radius 1 is 1.29 bits per heavy atom. The van der Waals surface area contributed by atoms with Gasteiger partial charge >= 0.3 is 5.97 Å². The van der Waals surface area contributed by atoms with Gasteiger partial charge in [-0.15, -0.1) is 0 Å². The van der Waals surface area contributed by atoms with Crippen LogP contribution in [0.2, 0.25) is 0 Å². The van der Waals surface area contributed by atoms with Gasteiger partial charge in [0.05, 0.1) is 5.56 Å². The zero-order chi connectivity index (χ0) is 22.5. The normalized spacial score (nSPS) is 13.7. The quantitative estimate of drug-likeness (QED) is 0.681. The largest absolute Gasteiger partial charge is 0.451 e. The second kappa shape index (κ2) is 9.60. The second-order valence-corrected chi connectivity index (χ2v) is 7.76. The van der Waals surface area contributed by atoms with Crippen LogP contribution in [0.25, 0.3) is 0 Å². The standard InChI is InChI=1S/C22H27N5O4/c1-4-11-26-20(29)10-9-18(25-26)22(30)31-13-19(28)24-21-17(12-23)14(2)15(3)27(21)16-7-5-6-8-16/h9-10,16H,4-8,11,13H2,1-3H3,(H,24,28). The van der Waals surface area contributed by atoms with Crippen LogP contribution in [0.5, 0.6) is 0 Å². The van der Waals surface area contributed by atoms with Gasteiger partial charge < -0.3 is 14.6 Å². The predicted molar refractivity (Wildman–Crippen MR) is 114 cm³/mol. The molecule has 0 spiro atoms. The Kier molecular flexibility index (Phi) is 6.90. The third-order valence-electron chi connectivity index (χ3n) is 5.66. The maximum Gasteiger partial charge on any atom is 0.359 e. The van der Waals surface area contributed by atoms with Crippen LogP contribution in [-0.2, 0) is 16.1 Å². The predicted octanol–water partition coefficient (Wildman–Crippen LogP) is 2.85. The highest BCUT2D eigenvalue weighted by Gasteiger charge is 2.27. The van der Waals surface area contributed by atoms with Gasteiger partial charge in [0.1, 0.15) is 11.9 Å². The highest BCUT2D eigenvalue weighted by Crippen LogP contribution is 2.37. The Labute approximate surface area is 180 Å². The van der Waals surface area contributed by atoms with Gasteiger partial charge in [0.2, 0.25) is 0 Å². The molecule has 1 N–H and O–H groups in total. The van der Waals surface area contributed by atoms with Gasteiger partial charge in [-0.3, -0.25) is 9.59 Å². The molecule has 2 aromatic rings. The van der Waals surface area contributed by atoms with Crippen molar-refractivity contribution in [3.8, 4) is 6.07 Å². The van der Waals surface area contributed by atoms with E-state index in [-0.39, 0.29) is 17.3 Å². The summed E-state index contributed by atoms with van der Waals surface area (Å²) in [6.07, 6.45) is 4.91. The van der Waals surface area contributed by atoms with E-state index in [1.54, 1.807) is 0 Å². The first-order valence-electron chi connectivity index (χ1n) is 10.5. The van der Waals surface area contributed by atoms with Crippen molar-refractivity contribution in [1.29, 1.82) is 5.26 Å². The first-order valence-corrected chi connectivity index (χ1v) is 10.5. The molecule has 0 saturated heterocycles. The monoisotopic (exact) mass is 425 g/mol. The Hall–Kier alpha value is -3.41. The number of esters is 1. The molecule has 1 saturated carbocycles. The number of nitrogens with zero attached hydrogens (tertiary/aromatic N) is 4. The number of nitriles is 1. The van der Waals surface area contributed by atoms with E-state index in [4.69, 9.17) is 4.74 Å². The summed E-state index contributed by atoms with van der Waals surface area (Å²) in [6.45, 7) is 5.57. The van der Waals surface area contributed by atoms with E-state index in [9.17, 15) is 19.6 Å². The minimum atomic E-state index is -0.793. The SMILES string of the molecule is CCCn1nc(C(=O)OCC(=O)Nc2c(C#N)c(C)c(C)n2C2CCCC2)ccc1=O. The highest BCUT2D eigenvalue weighted by atomic mass is 16.5. The van der Waals surface area contributed by atoms with Gasteiger partial charge in [0, 0.05) is 24.3 Å². The molecule has 9 nitrogen and oxygen atoms in total. The number of nitrogens with one attached hydrogen (secondary N) is 1. The molecule has 0 atom stereocenters. The number of hydrogen-bond donors (Lipinski definition) is 1. The molecule has 1 fully saturated rings. The fraction of sp³-hybridized carbons (Fsp3) is 0.500. The summed E-state index contributed by atoms with van der Waals surface area (Å²) >= 11 is 0. The van der Waals surface area contributed by atoms with Gasteiger partial charge in [0.15, 0.2) is 12.3 Å². The summed E-state index contributed by atoms with van der Waals surface area (Å²) < 4.78 is 8.31. The molecular formula is C22H27N5O4. The molecule has 1 amide bonds. The lowest BCUT2D eigenvalue weighted by molar-refractivity contribution is -0.119. The Morgan fingerprint density at radius 2 is 2.00 bits per heavy atom. The van der Waals surface area contributed by atoms with Crippen LogP contribution in [0.1, 0.15) is 72.4 Å². The van der Waals surface area contributed by atoms with Crippen LogP contribution in [0.3, 0.4) is 0 Å². The number of anilines is 1. The smallest absolute Gasteiger partial charge is 0.359 e. The zero-order valence-corrected chi connectivity index (χ0v) is 18.1. The molecule has 0 unspecified atom stereocenters. The summed E-state index contributed by atoms with van der Waals surface area (Å²) in [5, 5.41) is 16.4. The number of carbonyl (C=O) groups excluding carboxylic acids is 2. The van der Waals surface area contributed by atoms with Gasteiger partial charge in [0.25, 0.3) is 11.5 Å². The number of amides is 1. The minimum Gasteiger partial charge on any atom is -0.451 e. The number of aryl methyl sites for hydroxylation is 1. The Morgan fingerprint density at radius 3 is 2.65 bits per heavy atom. The van der Waals surface area contributed by atoms with Gasteiger partial charge in [-0.25, -0.2) is 9.48 Å². The summed E-state index contributed by atoms with van der Waals surface area (Å²) in [5.41, 5.74) is 1.87. The number of carbonyl (C=O) groups is 2. The van der Waals surface area contributed by atoms with Crippen LogP contribution in [0.15, 0.2) is 16.9 Å². The number of ether oxygens (including phenoxy) is 1. The van der Waals surface area contributed by atoms with E-state index in [2.05, 4.69) is 16.5 Å². The molecule has 0 aromatic carbocycles.